The summed E-state index contributed by atoms with van der Waals surface area (Å²) < 4.78 is 12.4. The van der Waals surface area contributed by atoms with Crippen molar-refractivity contribution < 1.29 is 9.47 Å². The van der Waals surface area contributed by atoms with Gasteiger partial charge in [0.2, 0.25) is 0 Å². The zero-order valence-corrected chi connectivity index (χ0v) is 13.1. The van der Waals surface area contributed by atoms with Crippen LogP contribution in [0.5, 0.6) is 0 Å². The van der Waals surface area contributed by atoms with E-state index in [1.807, 2.05) is 0 Å². The Morgan fingerprint density at radius 1 is 1.20 bits per heavy atom. The highest BCUT2D eigenvalue weighted by Gasteiger charge is 2.53. The Balaban J connectivity index is 1.29. The Labute approximate surface area is 123 Å². The Bertz CT molecular complexity index is 363. The summed E-state index contributed by atoms with van der Waals surface area (Å²) in [4.78, 5) is 2.59. The Kier molecular flexibility index (Phi) is 3.17. The maximum atomic E-state index is 6.50. The average Bonchev–Trinajstić information content (AvgIpc) is 3.01. The first-order valence-corrected chi connectivity index (χ1v) is 8.70. The van der Waals surface area contributed by atoms with Crippen molar-refractivity contribution in [2.75, 3.05) is 19.7 Å². The quantitative estimate of drug-likeness (QED) is 0.793. The van der Waals surface area contributed by atoms with Crippen molar-refractivity contribution in [3.63, 3.8) is 0 Å². The second-order valence-corrected chi connectivity index (χ2v) is 7.84. The number of hydrogen-bond donors (Lipinski definition) is 0. The minimum atomic E-state index is 0.230. The Morgan fingerprint density at radius 3 is 2.65 bits per heavy atom. The Hall–Kier alpha value is -0.120. The van der Waals surface area contributed by atoms with E-state index in [4.69, 9.17) is 9.47 Å². The molecule has 0 amide bonds. The molecule has 114 valence electrons. The van der Waals surface area contributed by atoms with Crippen LogP contribution in [0.25, 0.3) is 0 Å². The number of rotatable bonds is 3. The van der Waals surface area contributed by atoms with E-state index in [2.05, 4.69) is 18.7 Å². The molecule has 3 heteroatoms. The molecule has 4 rings (SSSR count). The van der Waals surface area contributed by atoms with Gasteiger partial charge in [-0.1, -0.05) is 13.3 Å². The van der Waals surface area contributed by atoms with Crippen molar-refractivity contribution in [1.29, 1.82) is 0 Å². The monoisotopic (exact) mass is 279 g/mol. The zero-order valence-electron chi connectivity index (χ0n) is 13.1. The summed E-state index contributed by atoms with van der Waals surface area (Å²) in [5, 5.41) is 0. The molecule has 0 aromatic heterocycles. The molecule has 20 heavy (non-hydrogen) atoms. The van der Waals surface area contributed by atoms with E-state index in [0.29, 0.717) is 12.1 Å². The SMILES string of the molecule is CCC1CC2(CCC(C(C)N3CC4(CCCO4)C3)O2)C1. The molecule has 0 radical (unpaired) electrons. The van der Waals surface area contributed by atoms with Crippen LogP contribution in [-0.2, 0) is 9.47 Å². The van der Waals surface area contributed by atoms with Crippen molar-refractivity contribution in [3.05, 3.63) is 0 Å². The van der Waals surface area contributed by atoms with E-state index in [-0.39, 0.29) is 11.2 Å². The topological polar surface area (TPSA) is 21.7 Å². The third-order valence-electron chi connectivity index (χ3n) is 6.47. The van der Waals surface area contributed by atoms with Gasteiger partial charge in [-0.2, -0.15) is 0 Å². The number of hydrogen-bond acceptors (Lipinski definition) is 3. The smallest absolute Gasteiger partial charge is 0.0935 e. The molecular weight excluding hydrogens is 250 g/mol. The van der Waals surface area contributed by atoms with Gasteiger partial charge >= 0.3 is 0 Å². The van der Waals surface area contributed by atoms with Crippen molar-refractivity contribution in [1.82, 2.24) is 4.90 Å². The lowest BCUT2D eigenvalue weighted by Gasteiger charge is -2.52. The molecule has 0 N–H and O–H groups in total. The van der Waals surface area contributed by atoms with Crippen LogP contribution < -0.4 is 0 Å². The highest BCUT2D eigenvalue weighted by molar-refractivity contribution is 5.05. The van der Waals surface area contributed by atoms with Crippen LogP contribution in [0, 0.1) is 5.92 Å². The van der Waals surface area contributed by atoms with Crippen LogP contribution in [0.4, 0.5) is 0 Å². The van der Waals surface area contributed by atoms with Gasteiger partial charge in [0.1, 0.15) is 0 Å². The molecule has 1 aliphatic carbocycles. The Morgan fingerprint density at radius 2 is 2.00 bits per heavy atom. The van der Waals surface area contributed by atoms with Crippen molar-refractivity contribution in [3.8, 4) is 0 Å². The van der Waals surface area contributed by atoms with Gasteiger partial charge in [0, 0.05) is 25.7 Å². The second-order valence-electron chi connectivity index (χ2n) is 7.84. The summed E-state index contributed by atoms with van der Waals surface area (Å²) in [6.45, 7) is 7.93. The van der Waals surface area contributed by atoms with E-state index >= 15 is 0 Å². The van der Waals surface area contributed by atoms with Crippen LogP contribution in [0.15, 0.2) is 0 Å². The molecule has 2 atom stereocenters. The lowest BCUT2D eigenvalue weighted by atomic mass is 9.68. The fraction of sp³-hybridized carbons (Fsp3) is 1.00. The summed E-state index contributed by atoms with van der Waals surface area (Å²) in [6.07, 6.45) is 9.52. The third-order valence-corrected chi connectivity index (χ3v) is 6.47. The normalized spacial score (nSPS) is 44.7. The van der Waals surface area contributed by atoms with Crippen molar-refractivity contribution >= 4 is 0 Å². The van der Waals surface area contributed by atoms with E-state index in [9.17, 15) is 0 Å². The molecule has 2 unspecified atom stereocenters. The maximum Gasteiger partial charge on any atom is 0.0935 e. The molecule has 2 spiro atoms. The van der Waals surface area contributed by atoms with Crippen LogP contribution in [0.2, 0.25) is 0 Å². The van der Waals surface area contributed by atoms with Gasteiger partial charge in [-0.25, -0.2) is 0 Å². The van der Waals surface area contributed by atoms with Gasteiger partial charge in [-0.05, 0) is 51.4 Å². The molecule has 4 fully saturated rings. The lowest BCUT2D eigenvalue weighted by molar-refractivity contribution is -0.169. The minimum Gasteiger partial charge on any atom is -0.372 e. The summed E-state index contributed by atoms with van der Waals surface area (Å²) in [5.74, 6) is 0.934. The largest absolute Gasteiger partial charge is 0.372 e. The number of nitrogens with zero attached hydrogens (tertiary/aromatic N) is 1. The molecule has 3 nitrogen and oxygen atoms in total. The first-order chi connectivity index (χ1) is 9.64. The van der Waals surface area contributed by atoms with Crippen molar-refractivity contribution in [2.24, 2.45) is 5.92 Å². The third kappa shape index (κ3) is 2.05. The molecule has 0 aromatic carbocycles. The first kappa shape index (κ1) is 13.5. The minimum absolute atomic E-state index is 0.230. The van der Waals surface area contributed by atoms with E-state index in [0.717, 1.165) is 25.6 Å². The highest BCUT2D eigenvalue weighted by atomic mass is 16.5. The molecule has 3 aliphatic heterocycles. The second kappa shape index (κ2) is 4.69. The van der Waals surface area contributed by atoms with Crippen molar-refractivity contribution in [2.45, 2.75) is 82.1 Å². The van der Waals surface area contributed by atoms with E-state index < -0.39 is 0 Å². The number of likely N-dealkylation sites (tertiary alicyclic amines) is 1. The van der Waals surface area contributed by atoms with E-state index in [1.165, 1.54) is 44.9 Å². The van der Waals surface area contributed by atoms with Gasteiger partial charge in [-0.3, -0.25) is 4.90 Å². The highest BCUT2D eigenvalue weighted by Crippen LogP contribution is 2.51. The first-order valence-electron chi connectivity index (χ1n) is 8.70. The van der Waals surface area contributed by atoms with Crippen LogP contribution in [0.3, 0.4) is 0 Å². The standard InChI is InChI=1S/C17H29NO2/c1-3-14-9-16(10-14)7-5-15(20-16)13(2)18-11-17(12-18)6-4-8-19-17/h13-15H,3-12H2,1-2H3. The molecule has 4 aliphatic rings. The van der Waals surface area contributed by atoms with Crippen LogP contribution in [0.1, 0.15) is 58.8 Å². The average molecular weight is 279 g/mol. The zero-order chi connectivity index (χ0) is 13.8. The molecule has 3 saturated heterocycles. The van der Waals surface area contributed by atoms with Gasteiger partial charge in [0.05, 0.1) is 17.3 Å². The van der Waals surface area contributed by atoms with Gasteiger partial charge in [0.25, 0.3) is 0 Å². The van der Waals surface area contributed by atoms with Gasteiger partial charge in [-0.15, -0.1) is 0 Å². The lowest BCUT2D eigenvalue weighted by Crippen LogP contribution is -2.65. The maximum absolute atomic E-state index is 6.50. The fourth-order valence-electron chi connectivity index (χ4n) is 4.99. The summed E-state index contributed by atoms with van der Waals surface area (Å²) in [6, 6.07) is 0.574. The predicted molar refractivity (Wildman–Crippen MR) is 78.8 cm³/mol. The summed E-state index contributed by atoms with van der Waals surface area (Å²) in [5.41, 5.74) is 0.514. The molecule has 3 heterocycles. The summed E-state index contributed by atoms with van der Waals surface area (Å²) in [7, 11) is 0. The molecule has 0 bridgehead atoms. The van der Waals surface area contributed by atoms with Gasteiger partial charge < -0.3 is 9.47 Å². The summed E-state index contributed by atoms with van der Waals surface area (Å²) >= 11 is 0. The van der Waals surface area contributed by atoms with Gasteiger partial charge in [0.15, 0.2) is 0 Å². The number of ether oxygens (including phenoxy) is 2. The molecular formula is C17H29NO2. The van der Waals surface area contributed by atoms with E-state index in [1.54, 1.807) is 0 Å². The fourth-order valence-corrected chi connectivity index (χ4v) is 4.99. The molecule has 1 saturated carbocycles. The predicted octanol–water partition coefficient (Wildman–Crippen LogP) is 2.98. The van der Waals surface area contributed by atoms with Crippen LogP contribution in [-0.4, -0.2) is 47.9 Å². The van der Waals surface area contributed by atoms with Crippen LogP contribution >= 0.6 is 0 Å². The molecule has 0 aromatic rings.